The Morgan fingerprint density at radius 3 is 2.91 bits per heavy atom. The molecular formula is C28H37N3O2. The monoisotopic (exact) mass is 447 g/mol. The van der Waals surface area contributed by atoms with Crippen molar-refractivity contribution in [3.05, 3.63) is 29.3 Å². The molecule has 0 aromatic heterocycles. The van der Waals surface area contributed by atoms with E-state index in [0.29, 0.717) is 41.0 Å². The molecule has 3 saturated carbocycles. The van der Waals surface area contributed by atoms with E-state index in [4.69, 9.17) is 0 Å². The first kappa shape index (κ1) is 19.7. The highest BCUT2D eigenvalue weighted by Gasteiger charge is 2.76. The number of hydrogen-bond donors (Lipinski definition) is 2. The smallest absolute Gasteiger partial charge is 0.239 e. The van der Waals surface area contributed by atoms with Crippen LogP contribution < -0.4 is 5.32 Å². The van der Waals surface area contributed by atoms with Gasteiger partial charge in [-0.1, -0.05) is 6.07 Å². The molecule has 6 fully saturated rings. The molecule has 8 rings (SSSR count). The largest absolute Gasteiger partial charge is 0.508 e. The second-order valence-electron chi connectivity index (χ2n) is 12.6. The Kier molecular flexibility index (Phi) is 3.90. The summed E-state index contributed by atoms with van der Waals surface area (Å²) in [7, 11) is 0. The number of aromatic hydroxyl groups is 1. The zero-order chi connectivity index (χ0) is 21.9. The van der Waals surface area contributed by atoms with Crippen LogP contribution in [-0.4, -0.2) is 65.1 Å². The summed E-state index contributed by atoms with van der Waals surface area (Å²) in [4.78, 5) is 18.8. The molecule has 0 radical (unpaired) electrons. The third-order valence-electron chi connectivity index (χ3n) is 11.4. The lowest BCUT2D eigenvalue weighted by Crippen LogP contribution is -2.70. The molecule has 0 spiro atoms. The minimum absolute atomic E-state index is 0.0452. The number of nitrogens with one attached hydrogen (secondary N) is 1. The second-order valence-corrected chi connectivity index (χ2v) is 12.6. The van der Waals surface area contributed by atoms with Crippen LogP contribution in [0.25, 0.3) is 0 Å². The van der Waals surface area contributed by atoms with Gasteiger partial charge >= 0.3 is 0 Å². The van der Waals surface area contributed by atoms with Crippen molar-refractivity contribution in [3.8, 4) is 5.75 Å². The van der Waals surface area contributed by atoms with Crippen LogP contribution >= 0.6 is 0 Å². The number of carbonyl (C=O) groups excluding carboxylic acids is 1. The number of likely N-dealkylation sites (tertiary alicyclic amines) is 2. The predicted octanol–water partition coefficient (Wildman–Crippen LogP) is 3.05. The van der Waals surface area contributed by atoms with E-state index in [1.165, 1.54) is 62.7 Å². The lowest BCUT2D eigenvalue weighted by atomic mass is 9.43. The quantitative estimate of drug-likeness (QED) is 0.748. The molecule has 3 aliphatic heterocycles. The van der Waals surface area contributed by atoms with E-state index in [9.17, 15) is 9.90 Å². The van der Waals surface area contributed by atoms with Gasteiger partial charge < -0.3 is 15.3 Å². The topological polar surface area (TPSA) is 55.8 Å². The number of phenolic OH excluding ortho intramolecular Hbond substituents is 1. The number of amides is 1. The number of phenols is 1. The molecule has 2 N–H and O–H groups in total. The van der Waals surface area contributed by atoms with Crippen LogP contribution in [-0.2, 0) is 16.6 Å². The number of benzene rings is 1. The first-order chi connectivity index (χ1) is 16.1. The molecule has 33 heavy (non-hydrogen) atoms. The Hall–Kier alpha value is -1.59. The minimum Gasteiger partial charge on any atom is -0.508 e. The van der Waals surface area contributed by atoms with Gasteiger partial charge in [0.15, 0.2) is 0 Å². The van der Waals surface area contributed by atoms with E-state index < -0.39 is 0 Å². The van der Waals surface area contributed by atoms with E-state index >= 15 is 0 Å². The number of fused-ring (bicyclic) bond motifs is 1. The average Bonchev–Trinajstić information content (AvgIpc) is 3.24. The number of carbonyl (C=O) groups is 1. The van der Waals surface area contributed by atoms with Crippen molar-refractivity contribution < 1.29 is 9.90 Å². The molecule has 7 aliphatic rings. The average molecular weight is 448 g/mol. The van der Waals surface area contributed by atoms with Crippen molar-refractivity contribution in [1.82, 2.24) is 15.1 Å². The molecular weight excluding hydrogens is 410 g/mol. The van der Waals surface area contributed by atoms with Crippen LogP contribution in [0.15, 0.2) is 18.2 Å². The van der Waals surface area contributed by atoms with Gasteiger partial charge in [0.25, 0.3) is 0 Å². The third-order valence-corrected chi connectivity index (χ3v) is 11.4. The van der Waals surface area contributed by atoms with E-state index in [-0.39, 0.29) is 11.5 Å². The highest BCUT2D eigenvalue weighted by Crippen LogP contribution is 2.75. The molecule has 3 heterocycles. The summed E-state index contributed by atoms with van der Waals surface area (Å²) in [5.41, 5.74) is 3.44. The van der Waals surface area contributed by atoms with Crippen LogP contribution in [0, 0.1) is 23.2 Å². The SMILES string of the molecule is O=C([C@@H]1CCCN1)N1C[C@H]2CC34CCC1C2C31CCN(CC2CC2)C4Cc2ccc(O)cc21. The van der Waals surface area contributed by atoms with Crippen molar-refractivity contribution in [3.63, 3.8) is 0 Å². The molecule has 1 aromatic carbocycles. The first-order valence-corrected chi connectivity index (χ1v) is 13.7. The van der Waals surface area contributed by atoms with E-state index in [0.717, 1.165) is 38.3 Å². The summed E-state index contributed by atoms with van der Waals surface area (Å²) >= 11 is 0. The Morgan fingerprint density at radius 2 is 2.09 bits per heavy atom. The Labute approximate surface area is 196 Å². The van der Waals surface area contributed by atoms with Gasteiger partial charge in [-0.2, -0.15) is 0 Å². The molecule has 1 amide bonds. The summed E-state index contributed by atoms with van der Waals surface area (Å²) in [5.74, 6) is 2.94. The van der Waals surface area contributed by atoms with Crippen molar-refractivity contribution in [2.75, 3.05) is 26.2 Å². The lowest BCUT2D eigenvalue weighted by molar-refractivity contribution is -0.141. The van der Waals surface area contributed by atoms with Crippen LogP contribution in [0.5, 0.6) is 5.75 Å². The zero-order valence-electron chi connectivity index (χ0n) is 19.6. The maximum absolute atomic E-state index is 13.6. The summed E-state index contributed by atoms with van der Waals surface area (Å²) in [6.45, 7) is 4.46. The Bertz CT molecular complexity index is 1020. The molecule has 3 saturated heterocycles. The molecule has 5 unspecified atom stereocenters. The molecule has 7 atom stereocenters. The molecule has 5 heteroatoms. The lowest BCUT2D eigenvalue weighted by Gasteiger charge is -2.66. The standard InChI is InChI=1S/C28H37N3O2/c32-20-6-5-18-12-24-27-8-7-23-25(19(14-27)16-31(23)26(33)22-2-1-10-29-22)28(27,21(18)13-20)9-11-30(24)15-17-3-4-17/h5-6,13,17,19,22-25,29,32H,1-4,7-12,14-16H2/t19-,22+,23?,24?,25?,27?,28?/m1/s1. The van der Waals surface area contributed by atoms with Crippen LogP contribution in [0.1, 0.15) is 62.5 Å². The predicted molar refractivity (Wildman–Crippen MR) is 126 cm³/mol. The van der Waals surface area contributed by atoms with Gasteiger partial charge in [0.05, 0.1) is 6.04 Å². The van der Waals surface area contributed by atoms with Crippen molar-refractivity contribution in [2.24, 2.45) is 23.2 Å². The fraction of sp³-hybridized carbons (Fsp3) is 0.750. The Morgan fingerprint density at radius 1 is 1.18 bits per heavy atom. The highest BCUT2D eigenvalue weighted by molar-refractivity contribution is 5.83. The van der Waals surface area contributed by atoms with Crippen LogP contribution in [0.3, 0.4) is 0 Å². The summed E-state index contributed by atoms with van der Waals surface area (Å²) in [5, 5.41) is 14.1. The molecule has 5 nitrogen and oxygen atoms in total. The number of nitrogens with zero attached hydrogens (tertiary/aromatic N) is 2. The van der Waals surface area contributed by atoms with Crippen molar-refractivity contribution in [1.29, 1.82) is 0 Å². The fourth-order valence-corrected chi connectivity index (χ4v) is 10.3. The van der Waals surface area contributed by atoms with Gasteiger partial charge in [0, 0.05) is 30.6 Å². The zero-order valence-corrected chi connectivity index (χ0v) is 19.6. The number of rotatable bonds is 3. The summed E-state index contributed by atoms with van der Waals surface area (Å²) < 4.78 is 0. The number of hydrogen-bond acceptors (Lipinski definition) is 4. The fourth-order valence-electron chi connectivity index (χ4n) is 10.3. The van der Waals surface area contributed by atoms with E-state index in [1.54, 1.807) is 0 Å². The first-order valence-electron chi connectivity index (χ1n) is 13.7. The highest BCUT2D eigenvalue weighted by atomic mass is 16.3. The molecule has 4 bridgehead atoms. The number of piperidine rings is 1. The van der Waals surface area contributed by atoms with Gasteiger partial charge in [-0.15, -0.1) is 0 Å². The van der Waals surface area contributed by atoms with Gasteiger partial charge in [-0.3, -0.25) is 9.69 Å². The van der Waals surface area contributed by atoms with Gasteiger partial charge in [0.2, 0.25) is 5.91 Å². The maximum atomic E-state index is 13.6. The van der Waals surface area contributed by atoms with Crippen LogP contribution in [0.4, 0.5) is 0 Å². The normalized spacial score (nSPS) is 45.2. The van der Waals surface area contributed by atoms with Gasteiger partial charge in [-0.05, 0) is 117 Å². The van der Waals surface area contributed by atoms with Crippen LogP contribution in [0.2, 0.25) is 0 Å². The van der Waals surface area contributed by atoms with Gasteiger partial charge in [-0.25, -0.2) is 0 Å². The maximum Gasteiger partial charge on any atom is 0.239 e. The van der Waals surface area contributed by atoms with E-state index in [2.05, 4.69) is 27.2 Å². The summed E-state index contributed by atoms with van der Waals surface area (Å²) in [6, 6.07) is 7.37. The Balaban J connectivity index is 1.24. The van der Waals surface area contributed by atoms with Crippen molar-refractivity contribution in [2.45, 2.75) is 81.3 Å². The van der Waals surface area contributed by atoms with Gasteiger partial charge in [0.1, 0.15) is 5.75 Å². The minimum atomic E-state index is 0.0452. The second kappa shape index (κ2) is 6.54. The van der Waals surface area contributed by atoms with E-state index in [1.807, 2.05) is 6.07 Å². The van der Waals surface area contributed by atoms with Crippen molar-refractivity contribution >= 4 is 5.91 Å². The molecule has 4 aliphatic carbocycles. The molecule has 176 valence electrons. The third kappa shape index (κ3) is 2.39. The summed E-state index contributed by atoms with van der Waals surface area (Å²) in [6.07, 6.45) is 11.1. The molecule has 1 aromatic rings.